The summed E-state index contributed by atoms with van der Waals surface area (Å²) in [5.41, 5.74) is 6.18. The normalized spacial score (nSPS) is 10.8. The van der Waals surface area contributed by atoms with Crippen LogP contribution in [0.2, 0.25) is 0 Å². The second kappa shape index (κ2) is 4.92. The van der Waals surface area contributed by atoms with Crippen LogP contribution in [0.25, 0.3) is 0 Å². The lowest BCUT2D eigenvalue weighted by atomic mass is 10.4. The van der Waals surface area contributed by atoms with Crippen molar-refractivity contribution in [2.45, 2.75) is 26.4 Å². The second-order valence-electron chi connectivity index (χ2n) is 3.86. The fourth-order valence-corrected chi connectivity index (χ4v) is 1.35. The molecule has 90 valence electrons. The maximum atomic E-state index is 5.59. The lowest BCUT2D eigenvalue weighted by Gasteiger charge is -2.05. The predicted molar refractivity (Wildman–Crippen MR) is 62.6 cm³/mol. The molecule has 2 aromatic heterocycles. The average Bonchev–Trinajstić information content (AvgIpc) is 2.78. The molecule has 6 nitrogen and oxygen atoms in total. The molecule has 0 radical (unpaired) electrons. The molecule has 2 aromatic rings. The summed E-state index contributed by atoms with van der Waals surface area (Å²) in [5.74, 6) is 1.06. The van der Waals surface area contributed by atoms with Gasteiger partial charge in [-0.1, -0.05) is 0 Å². The van der Waals surface area contributed by atoms with E-state index in [1.165, 1.54) is 0 Å². The maximum Gasteiger partial charge on any atom is 0.242 e. The van der Waals surface area contributed by atoms with Gasteiger partial charge in [0.25, 0.3) is 0 Å². The molecule has 0 atom stereocenters. The van der Waals surface area contributed by atoms with Gasteiger partial charge >= 0.3 is 0 Å². The molecule has 0 saturated heterocycles. The van der Waals surface area contributed by atoms with Crippen LogP contribution in [0, 0.1) is 0 Å². The molecular weight excluding hydrogens is 218 g/mol. The topological polar surface area (TPSA) is 78.8 Å². The van der Waals surface area contributed by atoms with Crippen LogP contribution in [0.5, 0.6) is 11.6 Å². The van der Waals surface area contributed by atoms with Gasteiger partial charge < -0.3 is 10.5 Å². The zero-order chi connectivity index (χ0) is 12.3. The summed E-state index contributed by atoms with van der Waals surface area (Å²) in [7, 11) is 0. The fraction of sp³-hybridized carbons (Fsp3) is 0.364. The van der Waals surface area contributed by atoms with Gasteiger partial charge in [0.1, 0.15) is 5.69 Å². The van der Waals surface area contributed by atoms with Crippen molar-refractivity contribution in [1.82, 2.24) is 19.7 Å². The number of nitrogens with two attached hydrogens (primary N) is 1. The molecule has 2 rings (SSSR count). The van der Waals surface area contributed by atoms with Crippen molar-refractivity contribution in [2.75, 3.05) is 0 Å². The van der Waals surface area contributed by atoms with Gasteiger partial charge in [0, 0.05) is 25.0 Å². The number of nitrogens with zero attached hydrogens (tertiary/aromatic N) is 4. The molecule has 0 aromatic carbocycles. The molecule has 0 aliphatic rings. The van der Waals surface area contributed by atoms with Gasteiger partial charge in [-0.25, -0.2) is 4.98 Å². The fourth-order valence-electron chi connectivity index (χ4n) is 1.35. The summed E-state index contributed by atoms with van der Waals surface area (Å²) in [6.45, 7) is 4.39. The van der Waals surface area contributed by atoms with Gasteiger partial charge in [0.05, 0.1) is 12.4 Å². The van der Waals surface area contributed by atoms with Crippen LogP contribution in [-0.2, 0) is 6.54 Å². The second-order valence-corrected chi connectivity index (χ2v) is 3.86. The Morgan fingerprint density at radius 3 is 2.76 bits per heavy atom. The Morgan fingerprint density at radius 2 is 2.12 bits per heavy atom. The Balaban J connectivity index is 2.19. The highest BCUT2D eigenvalue weighted by molar-refractivity contribution is 5.25. The van der Waals surface area contributed by atoms with Crippen molar-refractivity contribution in [1.29, 1.82) is 0 Å². The number of hydrogen-bond acceptors (Lipinski definition) is 5. The van der Waals surface area contributed by atoms with E-state index in [9.17, 15) is 0 Å². The molecular formula is C11H15N5O. The van der Waals surface area contributed by atoms with Gasteiger partial charge in [0.2, 0.25) is 5.88 Å². The Hall–Kier alpha value is -1.95. The smallest absolute Gasteiger partial charge is 0.242 e. The quantitative estimate of drug-likeness (QED) is 0.865. The van der Waals surface area contributed by atoms with E-state index in [0.29, 0.717) is 29.9 Å². The van der Waals surface area contributed by atoms with Crippen molar-refractivity contribution in [3.8, 4) is 11.6 Å². The first-order chi connectivity index (χ1) is 8.20. The van der Waals surface area contributed by atoms with Crippen LogP contribution in [0.4, 0.5) is 0 Å². The van der Waals surface area contributed by atoms with Crippen molar-refractivity contribution in [2.24, 2.45) is 5.73 Å². The van der Waals surface area contributed by atoms with Crippen molar-refractivity contribution in [3.63, 3.8) is 0 Å². The zero-order valence-electron chi connectivity index (χ0n) is 9.87. The van der Waals surface area contributed by atoms with Crippen molar-refractivity contribution < 1.29 is 4.74 Å². The van der Waals surface area contributed by atoms with Crippen LogP contribution < -0.4 is 10.5 Å². The first-order valence-electron chi connectivity index (χ1n) is 5.42. The highest BCUT2D eigenvalue weighted by Crippen LogP contribution is 2.21. The van der Waals surface area contributed by atoms with Crippen LogP contribution >= 0.6 is 0 Å². The van der Waals surface area contributed by atoms with E-state index in [0.717, 1.165) is 0 Å². The molecule has 0 saturated carbocycles. The van der Waals surface area contributed by atoms with E-state index >= 15 is 0 Å². The zero-order valence-corrected chi connectivity index (χ0v) is 9.87. The Kier molecular flexibility index (Phi) is 3.34. The molecule has 0 aliphatic carbocycles. The third-order valence-corrected chi connectivity index (χ3v) is 2.25. The lowest BCUT2D eigenvalue weighted by Crippen LogP contribution is -2.03. The highest BCUT2D eigenvalue weighted by atomic mass is 16.5. The van der Waals surface area contributed by atoms with E-state index in [-0.39, 0.29) is 0 Å². The molecule has 0 amide bonds. The van der Waals surface area contributed by atoms with Crippen molar-refractivity contribution >= 4 is 0 Å². The molecule has 2 heterocycles. The molecule has 0 spiro atoms. The minimum atomic E-state index is 0.293. The number of hydrogen-bond donors (Lipinski definition) is 1. The van der Waals surface area contributed by atoms with E-state index in [1.807, 2.05) is 24.7 Å². The summed E-state index contributed by atoms with van der Waals surface area (Å²) in [5, 5.41) is 4.18. The summed E-state index contributed by atoms with van der Waals surface area (Å²) in [4.78, 5) is 8.19. The van der Waals surface area contributed by atoms with Gasteiger partial charge in [-0.2, -0.15) is 5.10 Å². The van der Waals surface area contributed by atoms with Crippen LogP contribution in [0.3, 0.4) is 0 Å². The predicted octanol–water partition coefficient (Wildman–Crippen LogP) is 1.50. The molecule has 0 unspecified atom stereocenters. The van der Waals surface area contributed by atoms with Gasteiger partial charge in [-0.15, -0.1) is 0 Å². The molecule has 0 bridgehead atoms. The summed E-state index contributed by atoms with van der Waals surface area (Å²) >= 11 is 0. The van der Waals surface area contributed by atoms with Crippen LogP contribution in [-0.4, -0.2) is 19.7 Å². The summed E-state index contributed by atoms with van der Waals surface area (Å²) in [6, 6.07) is 0.295. The minimum absolute atomic E-state index is 0.293. The molecule has 2 N–H and O–H groups in total. The van der Waals surface area contributed by atoms with E-state index < -0.39 is 0 Å². The van der Waals surface area contributed by atoms with Gasteiger partial charge in [-0.05, 0) is 13.8 Å². The van der Waals surface area contributed by atoms with E-state index in [4.69, 9.17) is 10.5 Å². The summed E-state index contributed by atoms with van der Waals surface area (Å²) < 4.78 is 7.41. The third-order valence-electron chi connectivity index (χ3n) is 2.25. The number of ether oxygens (including phenoxy) is 1. The standard InChI is InChI=1S/C11H15N5O/c1-8(2)16-7-9(6-15-16)17-11-10(5-12)13-3-4-14-11/h3-4,6-8H,5,12H2,1-2H3. The molecule has 0 aliphatic heterocycles. The SMILES string of the molecule is CC(C)n1cc(Oc2nccnc2CN)cn1. The first-order valence-corrected chi connectivity index (χ1v) is 5.42. The van der Waals surface area contributed by atoms with Gasteiger partial charge in [-0.3, -0.25) is 9.67 Å². The Morgan fingerprint density at radius 1 is 1.35 bits per heavy atom. The molecule has 17 heavy (non-hydrogen) atoms. The van der Waals surface area contributed by atoms with Crippen LogP contribution in [0.1, 0.15) is 25.6 Å². The Labute approximate surface area is 99.4 Å². The first kappa shape index (κ1) is 11.5. The summed E-state index contributed by atoms with van der Waals surface area (Å²) in [6.07, 6.45) is 6.63. The van der Waals surface area contributed by atoms with Gasteiger partial charge in [0.15, 0.2) is 5.75 Å². The Bertz CT molecular complexity index is 494. The third kappa shape index (κ3) is 2.59. The number of aromatic nitrogens is 4. The van der Waals surface area contributed by atoms with Crippen molar-refractivity contribution in [3.05, 3.63) is 30.5 Å². The average molecular weight is 233 g/mol. The van der Waals surface area contributed by atoms with Crippen LogP contribution in [0.15, 0.2) is 24.8 Å². The lowest BCUT2D eigenvalue weighted by molar-refractivity contribution is 0.449. The maximum absolute atomic E-state index is 5.59. The largest absolute Gasteiger partial charge is 0.434 e. The minimum Gasteiger partial charge on any atom is -0.434 e. The highest BCUT2D eigenvalue weighted by Gasteiger charge is 2.08. The van der Waals surface area contributed by atoms with E-state index in [1.54, 1.807) is 18.6 Å². The molecule has 0 fully saturated rings. The van der Waals surface area contributed by atoms with E-state index in [2.05, 4.69) is 15.1 Å². The molecule has 6 heteroatoms. The number of rotatable bonds is 4. The monoisotopic (exact) mass is 233 g/mol.